The molecule has 3 nitrogen and oxygen atoms in total. The standard InChI is InChI=1S/C18H36N2O/c1-4-5-6-7-8-9-12-18(21)20-13-10-11-17(15-20)14-19-16(2)3/h16-17,19H,4-15H2,1-3H3. The third-order valence-corrected chi connectivity index (χ3v) is 4.43. The molecule has 1 heterocycles. The Morgan fingerprint density at radius 1 is 1.19 bits per heavy atom. The minimum atomic E-state index is 0.389. The Balaban J connectivity index is 2.15. The Labute approximate surface area is 131 Å². The van der Waals surface area contributed by atoms with E-state index in [1.807, 2.05) is 0 Å². The quantitative estimate of drug-likeness (QED) is 0.619. The first-order valence-electron chi connectivity index (χ1n) is 9.14. The van der Waals surface area contributed by atoms with Crippen LogP contribution in [0.2, 0.25) is 0 Å². The molecule has 1 atom stereocenters. The molecule has 1 amide bonds. The first-order chi connectivity index (χ1) is 10.1. The third-order valence-electron chi connectivity index (χ3n) is 4.43. The second kappa shape index (κ2) is 11.1. The Hall–Kier alpha value is -0.570. The molecule has 3 heteroatoms. The molecule has 0 aliphatic carbocycles. The molecule has 0 aromatic carbocycles. The molecule has 0 spiro atoms. The van der Waals surface area contributed by atoms with Crippen molar-refractivity contribution in [3.05, 3.63) is 0 Å². The minimum absolute atomic E-state index is 0.389. The van der Waals surface area contributed by atoms with E-state index in [4.69, 9.17) is 0 Å². The molecule has 0 saturated carbocycles. The van der Waals surface area contributed by atoms with Crippen molar-refractivity contribution in [2.45, 2.75) is 84.6 Å². The average molecular weight is 296 g/mol. The van der Waals surface area contributed by atoms with Gasteiger partial charge in [-0.15, -0.1) is 0 Å². The van der Waals surface area contributed by atoms with Crippen LogP contribution in [0, 0.1) is 5.92 Å². The van der Waals surface area contributed by atoms with E-state index in [1.165, 1.54) is 44.9 Å². The van der Waals surface area contributed by atoms with Gasteiger partial charge in [0.15, 0.2) is 0 Å². The maximum atomic E-state index is 12.3. The second-order valence-electron chi connectivity index (χ2n) is 6.93. The van der Waals surface area contributed by atoms with Crippen LogP contribution in [0.4, 0.5) is 0 Å². The van der Waals surface area contributed by atoms with Crippen LogP contribution < -0.4 is 5.32 Å². The predicted octanol–water partition coefficient (Wildman–Crippen LogP) is 3.97. The molecule has 0 aromatic rings. The van der Waals surface area contributed by atoms with E-state index in [-0.39, 0.29) is 0 Å². The van der Waals surface area contributed by atoms with E-state index in [0.29, 0.717) is 17.9 Å². The van der Waals surface area contributed by atoms with Gasteiger partial charge in [0.05, 0.1) is 0 Å². The maximum absolute atomic E-state index is 12.3. The molecule has 0 radical (unpaired) electrons. The number of carbonyl (C=O) groups excluding carboxylic acids is 1. The Morgan fingerprint density at radius 2 is 1.90 bits per heavy atom. The van der Waals surface area contributed by atoms with Gasteiger partial charge in [-0.05, 0) is 31.7 Å². The monoisotopic (exact) mass is 296 g/mol. The van der Waals surface area contributed by atoms with Gasteiger partial charge in [-0.25, -0.2) is 0 Å². The van der Waals surface area contributed by atoms with Crippen molar-refractivity contribution in [1.82, 2.24) is 10.2 Å². The number of piperidine rings is 1. The summed E-state index contributed by atoms with van der Waals surface area (Å²) in [5.41, 5.74) is 0. The van der Waals surface area contributed by atoms with E-state index >= 15 is 0 Å². The van der Waals surface area contributed by atoms with Crippen molar-refractivity contribution >= 4 is 5.91 Å². The summed E-state index contributed by atoms with van der Waals surface area (Å²) in [4.78, 5) is 14.4. The van der Waals surface area contributed by atoms with Crippen LogP contribution in [0.15, 0.2) is 0 Å². The molecule has 1 aliphatic rings. The molecule has 1 unspecified atom stereocenters. The van der Waals surface area contributed by atoms with Crippen LogP contribution >= 0.6 is 0 Å². The summed E-state index contributed by atoms with van der Waals surface area (Å²) in [5.74, 6) is 1.04. The number of hydrogen-bond acceptors (Lipinski definition) is 2. The van der Waals surface area contributed by atoms with Crippen LogP contribution in [0.1, 0.15) is 78.6 Å². The van der Waals surface area contributed by atoms with Gasteiger partial charge in [0.2, 0.25) is 5.91 Å². The van der Waals surface area contributed by atoms with Gasteiger partial charge in [0, 0.05) is 25.6 Å². The molecule has 1 saturated heterocycles. The van der Waals surface area contributed by atoms with Gasteiger partial charge < -0.3 is 10.2 Å². The normalized spacial score (nSPS) is 19.2. The summed E-state index contributed by atoms with van der Waals surface area (Å²) in [6, 6.07) is 0.541. The highest BCUT2D eigenvalue weighted by molar-refractivity contribution is 5.76. The zero-order valence-corrected chi connectivity index (χ0v) is 14.5. The van der Waals surface area contributed by atoms with E-state index in [1.54, 1.807) is 0 Å². The third kappa shape index (κ3) is 8.45. The molecular formula is C18H36N2O. The van der Waals surface area contributed by atoms with E-state index in [0.717, 1.165) is 32.5 Å². The summed E-state index contributed by atoms with van der Waals surface area (Å²) < 4.78 is 0. The van der Waals surface area contributed by atoms with Crippen LogP contribution in [0.5, 0.6) is 0 Å². The molecule has 0 aromatic heterocycles. The lowest BCUT2D eigenvalue weighted by Gasteiger charge is -2.33. The van der Waals surface area contributed by atoms with Crippen molar-refractivity contribution in [2.24, 2.45) is 5.92 Å². The lowest BCUT2D eigenvalue weighted by molar-refractivity contribution is -0.133. The zero-order valence-electron chi connectivity index (χ0n) is 14.5. The Morgan fingerprint density at radius 3 is 2.62 bits per heavy atom. The molecule has 124 valence electrons. The second-order valence-corrected chi connectivity index (χ2v) is 6.93. The van der Waals surface area contributed by atoms with Crippen molar-refractivity contribution < 1.29 is 4.79 Å². The van der Waals surface area contributed by atoms with Crippen molar-refractivity contribution in [3.63, 3.8) is 0 Å². The first-order valence-corrected chi connectivity index (χ1v) is 9.14. The molecule has 1 rings (SSSR count). The van der Waals surface area contributed by atoms with Crippen LogP contribution in [-0.4, -0.2) is 36.5 Å². The lowest BCUT2D eigenvalue weighted by Crippen LogP contribution is -2.43. The molecule has 1 aliphatic heterocycles. The van der Waals surface area contributed by atoms with Gasteiger partial charge in [-0.2, -0.15) is 0 Å². The Kier molecular flexibility index (Phi) is 9.73. The summed E-state index contributed by atoms with van der Waals surface area (Å²) >= 11 is 0. The fourth-order valence-corrected chi connectivity index (χ4v) is 3.08. The summed E-state index contributed by atoms with van der Waals surface area (Å²) in [7, 11) is 0. The number of nitrogens with zero attached hydrogens (tertiary/aromatic N) is 1. The molecule has 21 heavy (non-hydrogen) atoms. The number of nitrogens with one attached hydrogen (secondary N) is 1. The van der Waals surface area contributed by atoms with Gasteiger partial charge in [-0.3, -0.25) is 4.79 Å². The van der Waals surface area contributed by atoms with Gasteiger partial charge >= 0.3 is 0 Å². The highest BCUT2D eigenvalue weighted by Gasteiger charge is 2.23. The lowest BCUT2D eigenvalue weighted by atomic mass is 9.97. The molecule has 1 N–H and O–H groups in total. The van der Waals surface area contributed by atoms with E-state index in [2.05, 4.69) is 31.0 Å². The van der Waals surface area contributed by atoms with Crippen LogP contribution in [-0.2, 0) is 4.79 Å². The highest BCUT2D eigenvalue weighted by atomic mass is 16.2. The number of likely N-dealkylation sites (tertiary alicyclic amines) is 1. The SMILES string of the molecule is CCCCCCCCC(=O)N1CCCC(CNC(C)C)C1. The minimum Gasteiger partial charge on any atom is -0.342 e. The molecule has 1 fully saturated rings. The number of rotatable bonds is 10. The molecule has 0 bridgehead atoms. The summed E-state index contributed by atoms with van der Waals surface area (Å²) in [6.07, 6.45) is 10.7. The van der Waals surface area contributed by atoms with Crippen molar-refractivity contribution in [2.75, 3.05) is 19.6 Å². The van der Waals surface area contributed by atoms with E-state index in [9.17, 15) is 4.79 Å². The number of unbranched alkanes of at least 4 members (excludes halogenated alkanes) is 5. The molecular weight excluding hydrogens is 260 g/mol. The summed E-state index contributed by atoms with van der Waals surface area (Å²) in [5, 5.41) is 3.51. The maximum Gasteiger partial charge on any atom is 0.222 e. The fraction of sp³-hybridized carbons (Fsp3) is 0.944. The smallest absolute Gasteiger partial charge is 0.222 e. The highest BCUT2D eigenvalue weighted by Crippen LogP contribution is 2.18. The van der Waals surface area contributed by atoms with Crippen LogP contribution in [0.25, 0.3) is 0 Å². The number of carbonyl (C=O) groups is 1. The Bertz CT molecular complexity index is 278. The van der Waals surface area contributed by atoms with Crippen molar-refractivity contribution in [3.8, 4) is 0 Å². The van der Waals surface area contributed by atoms with Gasteiger partial charge in [0.25, 0.3) is 0 Å². The predicted molar refractivity (Wildman–Crippen MR) is 90.4 cm³/mol. The number of amides is 1. The van der Waals surface area contributed by atoms with Gasteiger partial charge in [0.1, 0.15) is 0 Å². The van der Waals surface area contributed by atoms with E-state index < -0.39 is 0 Å². The topological polar surface area (TPSA) is 32.3 Å². The van der Waals surface area contributed by atoms with Crippen LogP contribution in [0.3, 0.4) is 0 Å². The average Bonchev–Trinajstić information content (AvgIpc) is 2.48. The summed E-state index contributed by atoms with van der Waals surface area (Å²) in [6.45, 7) is 9.61. The van der Waals surface area contributed by atoms with Crippen molar-refractivity contribution in [1.29, 1.82) is 0 Å². The van der Waals surface area contributed by atoms with Gasteiger partial charge in [-0.1, -0.05) is 52.9 Å². The fourth-order valence-electron chi connectivity index (χ4n) is 3.08. The first kappa shape index (κ1) is 18.5. The zero-order chi connectivity index (χ0) is 15.5. The number of hydrogen-bond donors (Lipinski definition) is 1. The largest absolute Gasteiger partial charge is 0.342 e.